The van der Waals surface area contributed by atoms with Gasteiger partial charge in [-0.1, -0.05) is 18.2 Å². The number of Topliss-reactive ketones (excluding diaryl/α,β-unsaturated/α-hetero) is 1. The van der Waals surface area contributed by atoms with E-state index in [9.17, 15) is 9.90 Å². The van der Waals surface area contributed by atoms with Gasteiger partial charge in [0.25, 0.3) is 0 Å². The number of hydrogen-bond donors (Lipinski definition) is 1. The molecule has 6 aliphatic rings. The number of aromatic hydroxyl groups is 1. The Hall–Kier alpha value is -1.85. The third kappa shape index (κ3) is 1.43. The summed E-state index contributed by atoms with van der Waals surface area (Å²) in [6, 6.07) is 4.15. The Balaban J connectivity index is 1.73. The fourth-order valence-electron chi connectivity index (χ4n) is 7.52. The Kier molecular flexibility index (Phi) is 2.74. The van der Waals surface area contributed by atoms with Crippen molar-refractivity contribution in [3.8, 4) is 11.5 Å². The van der Waals surface area contributed by atoms with E-state index in [-0.39, 0.29) is 34.4 Å². The molecule has 0 amide bonds. The molecule has 7 rings (SSSR count). The second-order valence-electron chi connectivity index (χ2n) is 9.17. The SMILES string of the molecule is CO[C@]12C=C[C@@]3(CC1C(C)=O)[C@H]1Cc4ccc(O)c5c4[C@@]3(CCN1C)[C@H]2O5. The van der Waals surface area contributed by atoms with Gasteiger partial charge in [-0.05, 0) is 51.4 Å². The fraction of sp³-hybridized carbons (Fsp3) is 0.591. The van der Waals surface area contributed by atoms with Gasteiger partial charge in [0, 0.05) is 24.1 Å². The van der Waals surface area contributed by atoms with E-state index < -0.39 is 5.60 Å². The molecule has 1 aromatic rings. The summed E-state index contributed by atoms with van der Waals surface area (Å²) in [6.45, 7) is 2.66. The highest BCUT2D eigenvalue weighted by Crippen LogP contribution is 2.74. The highest BCUT2D eigenvalue weighted by atomic mass is 16.6. The maximum atomic E-state index is 12.7. The quantitative estimate of drug-likeness (QED) is 0.812. The van der Waals surface area contributed by atoms with Crippen molar-refractivity contribution in [3.63, 3.8) is 0 Å². The number of benzene rings is 1. The molecule has 1 saturated heterocycles. The maximum Gasteiger partial charge on any atom is 0.165 e. The first-order chi connectivity index (χ1) is 12.9. The third-order valence-electron chi connectivity index (χ3n) is 8.56. The number of carbonyl (C=O) groups excluding carboxylic acids is 1. The highest BCUT2D eigenvalue weighted by Gasteiger charge is 2.79. The molecule has 0 radical (unpaired) electrons. The molecule has 0 aromatic heterocycles. The normalized spacial score (nSPS) is 45.5. The molecule has 1 saturated carbocycles. The Morgan fingerprint density at radius 3 is 2.93 bits per heavy atom. The zero-order valence-electron chi connectivity index (χ0n) is 16.0. The molecule has 1 aromatic carbocycles. The molecule has 142 valence electrons. The zero-order valence-corrected chi connectivity index (χ0v) is 16.0. The predicted octanol–water partition coefficient (Wildman–Crippen LogP) is 2.20. The van der Waals surface area contributed by atoms with Gasteiger partial charge in [-0.2, -0.15) is 0 Å². The topological polar surface area (TPSA) is 59.0 Å². The zero-order chi connectivity index (χ0) is 18.8. The summed E-state index contributed by atoms with van der Waals surface area (Å²) in [5.41, 5.74) is 1.30. The van der Waals surface area contributed by atoms with Crippen molar-refractivity contribution in [1.82, 2.24) is 4.90 Å². The van der Waals surface area contributed by atoms with Crippen LogP contribution in [0.15, 0.2) is 24.3 Å². The van der Waals surface area contributed by atoms with Crippen LogP contribution < -0.4 is 4.74 Å². The Labute approximate surface area is 158 Å². The van der Waals surface area contributed by atoms with E-state index in [0.29, 0.717) is 11.8 Å². The number of nitrogens with zero attached hydrogens (tertiary/aromatic N) is 1. The fourth-order valence-corrected chi connectivity index (χ4v) is 7.52. The van der Waals surface area contributed by atoms with Crippen molar-refractivity contribution in [2.75, 3.05) is 20.7 Å². The van der Waals surface area contributed by atoms with Gasteiger partial charge in [-0.3, -0.25) is 4.79 Å². The van der Waals surface area contributed by atoms with Gasteiger partial charge in [0.2, 0.25) is 0 Å². The lowest BCUT2D eigenvalue weighted by Crippen LogP contribution is -2.79. The number of fused-ring (bicyclic) bond motifs is 1. The molecule has 5 heteroatoms. The van der Waals surface area contributed by atoms with E-state index in [2.05, 4.69) is 30.2 Å². The van der Waals surface area contributed by atoms with Gasteiger partial charge >= 0.3 is 0 Å². The van der Waals surface area contributed by atoms with E-state index in [0.717, 1.165) is 25.8 Å². The van der Waals surface area contributed by atoms with Gasteiger partial charge in [0.1, 0.15) is 17.5 Å². The number of likely N-dealkylation sites (tertiary alicyclic amines) is 1. The number of phenols is 1. The predicted molar refractivity (Wildman–Crippen MR) is 99.0 cm³/mol. The van der Waals surface area contributed by atoms with Crippen LogP contribution in [0, 0.1) is 11.3 Å². The summed E-state index contributed by atoms with van der Waals surface area (Å²) in [6.07, 6.45) is 6.85. The Bertz CT molecular complexity index is 925. The number of hydrogen-bond acceptors (Lipinski definition) is 5. The molecule has 6 atom stereocenters. The molecule has 1 N–H and O–H groups in total. The summed E-state index contributed by atoms with van der Waals surface area (Å²) in [7, 11) is 3.89. The number of rotatable bonds is 2. The molecular weight excluding hydrogens is 342 g/mol. The van der Waals surface area contributed by atoms with Gasteiger partial charge in [-0.15, -0.1) is 0 Å². The lowest BCUT2D eigenvalue weighted by Gasteiger charge is -2.70. The first kappa shape index (κ1) is 16.1. The van der Waals surface area contributed by atoms with E-state index >= 15 is 0 Å². The molecule has 2 fully saturated rings. The number of ketones is 1. The van der Waals surface area contributed by atoms with Crippen molar-refractivity contribution in [2.45, 2.75) is 49.3 Å². The number of phenolic OH excluding ortho intramolecular Hbond substituents is 1. The maximum absolute atomic E-state index is 12.7. The van der Waals surface area contributed by atoms with Crippen molar-refractivity contribution < 1.29 is 19.4 Å². The second-order valence-corrected chi connectivity index (χ2v) is 9.17. The standard InChI is InChI=1S/C22H25NO4/c1-12(24)14-11-20-6-7-22(14,26-3)19-21(20)8-9-23(2)16(20)10-13-4-5-15(25)18(27-19)17(13)21/h4-7,14,16,19,25H,8-11H2,1-3H3/t14?,16-,19-,20-,21+,22-/m1/s1. The molecule has 1 unspecified atom stereocenters. The average molecular weight is 367 g/mol. The highest BCUT2D eigenvalue weighted by molar-refractivity contribution is 5.82. The molecule has 4 bridgehead atoms. The lowest BCUT2D eigenvalue weighted by molar-refractivity contribution is -0.212. The van der Waals surface area contributed by atoms with Crippen LogP contribution in [-0.4, -0.2) is 54.2 Å². The second kappa shape index (κ2) is 4.58. The van der Waals surface area contributed by atoms with Crippen LogP contribution in [0.1, 0.15) is 30.9 Å². The molecule has 5 nitrogen and oxygen atoms in total. The first-order valence-electron chi connectivity index (χ1n) is 9.89. The van der Waals surface area contributed by atoms with Gasteiger partial charge in [0.15, 0.2) is 11.5 Å². The Morgan fingerprint density at radius 2 is 2.19 bits per heavy atom. The summed E-state index contributed by atoms with van der Waals surface area (Å²) < 4.78 is 12.7. The van der Waals surface area contributed by atoms with Crippen molar-refractivity contribution in [1.29, 1.82) is 0 Å². The van der Waals surface area contributed by atoms with Gasteiger partial charge in [-0.25, -0.2) is 0 Å². The Morgan fingerprint density at radius 1 is 1.37 bits per heavy atom. The monoisotopic (exact) mass is 367 g/mol. The largest absolute Gasteiger partial charge is 0.504 e. The van der Waals surface area contributed by atoms with Crippen LogP contribution in [0.2, 0.25) is 0 Å². The van der Waals surface area contributed by atoms with E-state index in [1.165, 1.54) is 11.1 Å². The molecule has 2 spiro atoms. The minimum absolute atomic E-state index is 0.158. The summed E-state index contributed by atoms with van der Waals surface area (Å²) >= 11 is 0. The molecular formula is C22H25NO4. The van der Waals surface area contributed by atoms with Crippen molar-refractivity contribution in [3.05, 3.63) is 35.4 Å². The van der Waals surface area contributed by atoms with Crippen molar-refractivity contribution in [2.24, 2.45) is 11.3 Å². The minimum atomic E-state index is -0.770. The number of ether oxygens (including phenoxy) is 2. The van der Waals surface area contributed by atoms with Gasteiger partial charge < -0.3 is 19.5 Å². The van der Waals surface area contributed by atoms with Crippen LogP contribution >= 0.6 is 0 Å². The molecule has 2 heterocycles. The van der Waals surface area contributed by atoms with Crippen LogP contribution in [0.4, 0.5) is 0 Å². The van der Waals surface area contributed by atoms with Gasteiger partial charge in [0.05, 0.1) is 11.3 Å². The summed E-state index contributed by atoms with van der Waals surface area (Å²) in [5, 5.41) is 10.6. The van der Waals surface area contributed by atoms with Crippen LogP contribution in [-0.2, 0) is 21.4 Å². The van der Waals surface area contributed by atoms with E-state index in [1.54, 1.807) is 20.1 Å². The van der Waals surface area contributed by atoms with Crippen LogP contribution in [0.3, 0.4) is 0 Å². The first-order valence-corrected chi connectivity index (χ1v) is 9.89. The summed E-state index contributed by atoms with van der Waals surface area (Å²) in [5.74, 6) is 0.762. The third-order valence-corrected chi connectivity index (χ3v) is 8.56. The number of likely N-dealkylation sites (N-methyl/N-ethyl adjacent to an activating group) is 1. The minimum Gasteiger partial charge on any atom is -0.504 e. The smallest absolute Gasteiger partial charge is 0.165 e. The summed E-state index contributed by atoms with van der Waals surface area (Å²) in [4.78, 5) is 15.2. The average Bonchev–Trinajstić information content (AvgIpc) is 3.03. The van der Waals surface area contributed by atoms with Crippen LogP contribution in [0.5, 0.6) is 11.5 Å². The molecule has 4 aliphatic carbocycles. The van der Waals surface area contributed by atoms with E-state index in [4.69, 9.17) is 9.47 Å². The number of carbonyl (C=O) groups is 1. The van der Waals surface area contributed by atoms with Crippen LogP contribution in [0.25, 0.3) is 0 Å². The number of methoxy groups -OCH3 is 1. The molecule has 27 heavy (non-hydrogen) atoms. The van der Waals surface area contributed by atoms with Crippen molar-refractivity contribution >= 4 is 5.78 Å². The lowest BCUT2D eigenvalue weighted by atomic mass is 9.37. The number of piperidine rings is 1. The molecule has 2 aliphatic heterocycles. The van der Waals surface area contributed by atoms with E-state index in [1.807, 2.05) is 0 Å².